The number of phenolic OH excluding ortho intramolecular Hbond substituents is 1. The van der Waals surface area contributed by atoms with Crippen LogP contribution in [0, 0.1) is 6.92 Å². The number of nitrogens with one attached hydrogen (secondary N) is 2. The molecule has 1 amide bonds. The highest BCUT2D eigenvalue weighted by Crippen LogP contribution is 2.25. The largest absolute Gasteiger partial charge is 0.507 e. The molecule has 0 saturated heterocycles. The lowest BCUT2D eigenvalue weighted by Crippen LogP contribution is -2.25. The van der Waals surface area contributed by atoms with Gasteiger partial charge in [-0.1, -0.05) is 39.7 Å². The van der Waals surface area contributed by atoms with Crippen molar-refractivity contribution in [1.29, 1.82) is 0 Å². The Balaban J connectivity index is 1.57. The zero-order chi connectivity index (χ0) is 21.3. The summed E-state index contributed by atoms with van der Waals surface area (Å²) in [6.45, 7) is 2.07. The second kappa shape index (κ2) is 10.3. The molecule has 0 aromatic heterocycles. The molecule has 152 valence electrons. The van der Waals surface area contributed by atoms with Crippen LogP contribution in [0.4, 0.5) is 17.1 Å². The zero-order valence-corrected chi connectivity index (χ0v) is 17.8. The minimum absolute atomic E-state index is 0.0205. The molecule has 0 unspecified atom stereocenters. The Morgan fingerprint density at radius 1 is 1.03 bits per heavy atom. The van der Waals surface area contributed by atoms with E-state index in [9.17, 15) is 9.90 Å². The maximum atomic E-state index is 11.9. The van der Waals surface area contributed by atoms with Gasteiger partial charge in [-0.2, -0.15) is 15.3 Å². The molecule has 0 aliphatic rings. The molecule has 3 aromatic carbocycles. The number of aryl methyl sites for hydroxylation is 1. The maximum absolute atomic E-state index is 11.9. The second-order valence-corrected chi connectivity index (χ2v) is 7.35. The number of phenols is 1. The summed E-state index contributed by atoms with van der Waals surface area (Å²) in [5.74, 6) is -0.288. The number of hydrazone groups is 1. The molecule has 0 heterocycles. The van der Waals surface area contributed by atoms with Crippen molar-refractivity contribution in [2.24, 2.45) is 15.3 Å². The molecule has 0 aliphatic carbocycles. The monoisotopic (exact) mass is 465 g/mol. The van der Waals surface area contributed by atoms with Gasteiger partial charge in [-0.05, 0) is 55.5 Å². The first-order chi connectivity index (χ1) is 14.5. The van der Waals surface area contributed by atoms with Crippen LogP contribution in [-0.4, -0.2) is 23.8 Å². The molecule has 7 nitrogen and oxygen atoms in total. The minimum atomic E-state index is -0.309. The molecule has 0 aliphatic heterocycles. The van der Waals surface area contributed by atoms with E-state index in [4.69, 9.17) is 0 Å². The van der Waals surface area contributed by atoms with Crippen LogP contribution in [0.3, 0.4) is 0 Å². The lowest BCUT2D eigenvalue weighted by molar-refractivity contribution is -0.119. The predicted molar refractivity (Wildman–Crippen MR) is 122 cm³/mol. The van der Waals surface area contributed by atoms with Crippen molar-refractivity contribution in [3.63, 3.8) is 0 Å². The van der Waals surface area contributed by atoms with E-state index in [0.29, 0.717) is 16.9 Å². The van der Waals surface area contributed by atoms with Crippen LogP contribution in [-0.2, 0) is 4.79 Å². The van der Waals surface area contributed by atoms with Gasteiger partial charge in [0, 0.05) is 15.7 Å². The number of nitrogens with zero attached hydrogens (tertiary/aromatic N) is 3. The maximum Gasteiger partial charge on any atom is 0.259 e. The van der Waals surface area contributed by atoms with Crippen molar-refractivity contribution in [3.05, 3.63) is 82.3 Å². The quantitative estimate of drug-likeness (QED) is 0.246. The topological polar surface area (TPSA) is 98.4 Å². The zero-order valence-electron chi connectivity index (χ0n) is 16.2. The third-order valence-corrected chi connectivity index (χ3v) is 4.49. The average molecular weight is 466 g/mol. The number of azo groups is 1. The van der Waals surface area contributed by atoms with Crippen LogP contribution < -0.4 is 10.7 Å². The van der Waals surface area contributed by atoms with Gasteiger partial charge in [0.1, 0.15) is 5.75 Å². The molecule has 3 rings (SSSR count). The molecule has 0 radical (unpaired) electrons. The number of anilines is 1. The Kier molecular flexibility index (Phi) is 7.29. The number of carbonyl (C=O) groups is 1. The fourth-order valence-corrected chi connectivity index (χ4v) is 2.82. The fourth-order valence-electron chi connectivity index (χ4n) is 2.43. The Bertz CT molecular complexity index is 1080. The molecule has 8 heteroatoms. The minimum Gasteiger partial charge on any atom is -0.507 e. The number of hydrogen-bond acceptors (Lipinski definition) is 6. The van der Waals surface area contributed by atoms with Gasteiger partial charge in [0.2, 0.25) is 0 Å². The molecule has 0 spiro atoms. The van der Waals surface area contributed by atoms with E-state index in [1.54, 1.807) is 12.1 Å². The lowest BCUT2D eigenvalue weighted by Gasteiger charge is -2.05. The number of halogens is 1. The third-order valence-electron chi connectivity index (χ3n) is 4.00. The Morgan fingerprint density at radius 2 is 1.77 bits per heavy atom. The van der Waals surface area contributed by atoms with Crippen LogP contribution in [0.2, 0.25) is 0 Å². The molecule has 0 atom stereocenters. The first kappa shape index (κ1) is 21.2. The standard InChI is InChI=1S/C22H20BrN5O2/c1-15-5-7-18(8-6-15)24-14-22(30)28-25-13-16-11-20(9-10-21(16)29)27-26-19-4-2-3-17(23)12-19/h2-13,24,29H,14H2,1H3,(H,28,30)/b25-13-,27-26?. The van der Waals surface area contributed by atoms with Crippen LogP contribution in [0.1, 0.15) is 11.1 Å². The number of rotatable bonds is 7. The third kappa shape index (κ3) is 6.52. The van der Waals surface area contributed by atoms with Gasteiger partial charge in [-0.25, -0.2) is 5.43 Å². The van der Waals surface area contributed by atoms with Crippen molar-refractivity contribution in [2.75, 3.05) is 11.9 Å². The Hall–Kier alpha value is -3.52. The summed E-state index contributed by atoms with van der Waals surface area (Å²) in [7, 11) is 0. The highest BCUT2D eigenvalue weighted by molar-refractivity contribution is 9.10. The predicted octanol–water partition coefficient (Wildman–Crippen LogP) is 5.44. The molecule has 3 aromatic rings. The molecule has 0 fully saturated rings. The SMILES string of the molecule is Cc1ccc(NCC(=O)N/N=C\c2cc(N=Nc3cccc(Br)c3)ccc2O)cc1. The Morgan fingerprint density at radius 3 is 2.50 bits per heavy atom. The van der Waals surface area contributed by atoms with Crippen LogP contribution in [0.5, 0.6) is 5.75 Å². The van der Waals surface area contributed by atoms with Crippen molar-refractivity contribution >= 4 is 45.1 Å². The molecule has 0 bridgehead atoms. The summed E-state index contributed by atoms with van der Waals surface area (Å²) in [4.78, 5) is 11.9. The smallest absolute Gasteiger partial charge is 0.259 e. The first-order valence-electron chi connectivity index (χ1n) is 9.12. The van der Waals surface area contributed by atoms with Crippen molar-refractivity contribution in [2.45, 2.75) is 6.92 Å². The van der Waals surface area contributed by atoms with Crippen LogP contribution in [0.25, 0.3) is 0 Å². The van der Waals surface area contributed by atoms with Gasteiger partial charge >= 0.3 is 0 Å². The molecular formula is C22H20BrN5O2. The number of aromatic hydroxyl groups is 1. The first-order valence-corrected chi connectivity index (χ1v) is 9.92. The van der Waals surface area contributed by atoms with Gasteiger partial charge in [0.25, 0.3) is 5.91 Å². The number of amides is 1. The Labute approximate surface area is 182 Å². The molecule has 3 N–H and O–H groups in total. The molecule has 0 saturated carbocycles. The normalized spacial score (nSPS) is 11.1. The van der Waals surface area contributed by atoms with E-state index in [2.05, 4.69) is 42.0 Å². The van der Waals surface area contributed by atoms with E-state index in [0.717, 1.165) is 15.7 Å². The highest BCUT2D eigenvalue weighted by atomic mass is 79.9. The van der Waals surface area contributed by atoms with E-state index in [1.807, 2.05) is 55.5 Å². The summed E-state index contributed by atoms with van der Waals surface area (Å²) in [6, 6.07) is 19.9. The fraction of sp³-hybridized carbons (Fsp3) is 0.0909. The number of carbonyl (C=O) groups excluding carboxylic acids is 1. The van der Waals surface area contributed by atoms with E-state index in [1.165, 1.54) is 12.3 Å². The van der Waals surface area contributed by atoms with Crippen molar-refractivity contribution in [1.82, 2.24) is 5.43 Å². The van der Waals surface area contributed by atoms with Crippen LogP contribution >= 0.6 is 15.9 Å². The van der Waals surface area contributed by atoms with Gasteiger partial charge in [0.15, 0.2) is 0 Å². The summed E-state index contributed by atoms with van der Waals surface area (Å²) in [5, 5.41) is 25.2. The van der Waals surface area contributed by atoms with Crippen LogP contribution in [0.15, 0.2) is 86.5 Å². The van der Waals surface area contributed by atoms with E-state index in [-0.39, 0.29) is 18.2 Å². The van der Waals surface area contributed by atoms with E-state index < -0.39 is 0 Å². The summed E-state index contributed by atoms with van der Waals surface area (Å²) < 4.78 is 0.907. The molecule has 30 heavy (non-hydrogen) atoms. The second-order valence-electron chi connectivity index (χ2n) is 6.44. The average Bonchev–Trinajstić information content (AvgIpc) is 2.74. The van der Waals surface area contributed by atoms with Gasteiger partial charge < -0.3 is 10.4 Å². The number of hydrogen-bond donors (Lipinski definition) is 3. The number of benzene rings is 3. The molecular weight excluding hydrogens is 446 g/mol. The van der Waals surface area contributed by atoms with E-state index >= 15 is 0 Å². The summed E-state index contributed by atoms with van der Waals surface area (Å²) >= 11 is 3.39. The lowest BCUT2D eigenvalue weighted by atomic mass is 10.2. The van der Waals surface area contributed by atoms with Gasteiger partial charge in [-0.15, -0.1) is 0 Å². The van der Waals surface area contributed by atoms with Gasteiger partial charge in [0.05, 0.1) is 24.1 Å². The highest BCUT2D eigenvalue weighted by Gasteiger charge is 2.02. The van der Waals surface area contributed by atoms with Gasteiger partial charge in [-0.3, -0.25) is 4.79 Å². The summed E-state index contributed by atoms with van der Waals surface area (Å²) in [5.41, 5.74) is 6.06. The van der Waals surface area contributed by atoms with Crippen molar-refractivity contribution < 1.29 is 9.90 Å². The summed E-state index contributed by atoms with van der Waals surface area (Å²) in [6.07, 6.45) is 1.36. The van der Waals surface area contributed by atoms with Crippen molar-refractivity contribution in [3.8, 4) is 5.75 Å².